The van der Waals surface area contributed by atoms with Crippen molar-refractivity contribution in [3.63, 3.8) is 0 Å². The summed E-state index contributed by atoms with van der Waals surface area (Å²) in [4.78, 5) is 21.2. The van der Waals surface area contributed by atoms with Gasteiger partial charge in [0.15, 0.2) is 0 Å². The average molecular weight is 203 g/mol. The van der Waals surface area contributed by atoms with Gasteiger partial charge in [0.2, 0.25) is 5.91 Å². The minimum atomic E-state index is -0.00816. The van der Waals surface area contributed by atoms with Crippen LogP contribution in [0.3, 0.4) is 0 Å². The van der Waals surface area contributed by atoms with Crippen molar-refractivity contribution in [1.29, 1.82) is 0 Å². The summed E-state index contributed by atoms with van der Waals surface area (Å²) in [6.07, 6.45) is 4.27. The summed E-state index contributed by atoms with van der Waals surface area (Å²) in [5, 5.41) is 2.56. The molecule has 0 spiro atoms. The molecular formula is C12H13NO2. The van der Waals surface area contributed by atoms with E-state index in [0.29, 0.717) is 6.42 Å². The lowest BCUT2D eigenvalue weighted by Crippen LogP contribution is -2.19. The summed E-state index contributed by atoms with van der Waals surface area (Å²) >= 11 is 0. The van der Waals surface area contributed by atoms with Crippen LogP contribution in [0.2, 0.25) is 0 Å². The van der Waals surface area contributed by atoms with Crippen LogP contribution in [0.15, 0.2) is 30.3 Å². The molecule has 0 heterocycles. The normalized spacial score (nSPS) is 10.2. The number of likely N-dealkylation sites (N-methyl/N-ethyl adjacent to an activating group) is 1. The first-order chi connectivity index (χ1) is 7.26. The third-order valence-corrected chi connectivity index (χ3v) is 1.99. The van der Waals surface area contributed by atoms with Crippen LogP contribution in [-0.2, 0) is 16.0 Å². The standard InChI is InChI=1S/C12H13NO2/c1-13-12(15)9-11-6-4-10(5-7-11)3-2-8-14/h2-8H,9H2,1H3,(H,13,15). The highest BCUT2D eigenvalue weighted by atomic mass is 16.1. The fraction of sp³-hybridized carbons (Fsp3) is 0.167. The lowest BCUT2D eigenvalue weighted by Gasteiger charge is -2.00. The number of allylic oxidation sites excluding steroid dienone is 1. The van der Waals surface area contributed by atoms with Crippen molar-refractivity contribution in [2.24, 2.45) is 0 Å². The molecule has 3 nitrogen and oxygen atoms in total. The van der Waals surface area contributed by atoms with E-state index < -0.39 is 0 Å². The van der Waals surface area contributed by atoms with Gasteiger partial charge in [-0.1, -0.05) is 30.3 Å². The van der Waals surface area contributed by atoms with Crippen molar-refractivity contribution >= 4 is 18.3 Å². The third kappa shape index (κ3) is 3.77. The molecule has 0 aliphatic rings. The Labute approximate surface area is 88.8 Å². The lowest BCUT2D eigenvalue weighted by atomic mass is 10.1. The van der Waals surface area contributed by atoms with Crippen molar-refractivity contribution in [2.75, 3.05) is 7.05 Å². The zero-order chi connectivity index (χ0) is 11.1. The molecule has 15 heavy (non-hydrogen) atoms. The van der Waals surface area contributed by atoms with E-state index in [4.69, 9.17) is 0 Å². The van der Waals surface area contributed by atoms with E-state index in [1.807, 2.05) is 24.3 Å². The summed E-state index contributed by atoms with van der Waals surface area (Å²) in [7, 11) is 1.61. The van der Waals surface area contributed by atoms with Crippen LogP contribution in [0.4, 0.5) is 0 Å². The van der Waals surface area contributed by atoms with Crippen molar-refractivity contribution < 1.29 is 9.59 Å². The molecule has 1 amide bonds. The van der Waals surface area contributed by atoms with Crippen LogP contribution >= 0.6 is 0 Å². The first-order valence-electron chi connectivity index (χ1n) is 4.67. The van der Waals surface area contributed by atoms with Crippen LogP contribution in [0, 0.1) is 0 Å². The average Bonchev–Trinajstić information content (AvgIpc) is 2.28. The first kappa shape index (κ1) is 11.2. The Hall–Kier alpha value is -1.90. The number of hydrogen-bond donors (Lipinski definition) is 1. The maximum absolute atomic E-state index is 11.1. The van der Waals surface area contributed by atoms with Crippen LogP contribution < -0.4 is 5.32 Å². The molecule has 0 aromatic heterocycles. The lowest BCUT2D eigenvalue weighted by molar-refractivity contribution is -0.119. The van der Waals surface area contributed by atoms with E-state index >= 15 is 0 Å². The van der Waals surface area contributed by atoms with Crippen LogP contribution in [0.25, 0.3) is 6.08 Å². The molecule has 1 aromatic carbocycles. The largest absolute Gasteiger partial charge is 0.359 e. The molecule has 1 rings (SSSR count). The molecule has 3 heteroatoms. The Bertz CT molecular complexity index is 366. The second-order valence-electron chi connectivity index (χ2n) is 3.09. The van der Waals surface area contributed by atoms with Gasteiger partial charge in [0, 0.05) is 7.05 Å². The minimum absolute atomic E-state index is 0.00816. The number of nitrogens with one attached hydrogen (secondary N) is 1. The Morgan fingerprint density at radius 1 is 1.33 bits per heavy atom. The smallest absolute Gasteiger partial charge is 0.224 e. The predicted molar refractivity (Wildman–Crippen MR) is 59.3 cm³/mol. The molecule has 78 valence electrons. The highest BCUT2D eigenvalue weighted by Crippen LogP contribution is 2.06. The SMILES string of the molecule is CNC(=O)Cc1ccc(C=CC=O)cc1. The van der Waals surface area contributed by atoms with Crippen LogP contribution in [-0.4, -0.2) is 19.2 Å². The second kappa shape index (κ2) is 5.75. The van der Waals surface area contributed by atoms with E-state index in [2.05, 4.69) is 5.32 Å². The summed E-state index contributed by atoms with van der Waals surface area (Å²) in [6, 6.07) is 7.50. The van der Waals surface area contributed by atoms with Gasteiger partial charge in [0.25, 0.3) is 0 Å². The molecule has 0 aliphatic heterocycles. The maximum atomic E-state index is 11.1. The minimum Gasteiger partial charge on any atom is -0.359 e. The van der Waals surface area contributed by atoms with Gasteiger partial charge in [-0.15, -0.1) is 0 Å². The van der Waals surface area contributed by atoms with Crippen LogP contribution in [0.1, 0.15) is 11.1 Å². The second-order valence-corrected chi connectivity index (χ2v) is 3.09. The number of carbonyl (C=O) groups excluding carboxylic acids is 2. The van der Waals surface area contributed by atoms with Gasteiger partial charge in [0.1, 0.15) is 6.29 Å². The molecule has 1 N–H and O–H groups in total. The highest BCUT2D eigenvalue weighted by molar-refractivity contribution is 5.78. The molecule has 0 aliphatic carbocycles. The Morgan fingerprint density at radius 3 is 2.53 bits per heavy atom. The van der Waals surface area contributed by atoms with E-state index in [1.165, 1.54) is 6.08 Å². The molecular weight excluding hydrogens is 190 g/mol. The number of rotatable bonds is 4. The number of aldehydes is 1. The zero-order valence-electron chi connectivity index (χ0n) is 8.57. The molecule has 0 fully saturated rings. The number of amides is 1. The summed E-state index contributed by atoms with van der Waals surface area (Å²) in [5.41, 5.74) is 1.90. The van der Waals surface area contributed by atoms with Crippen LogP contribution in [0.5, 0.6) is 0 Å². The number of benzene rings is 1. The zero-order valence-corrected chi connectivity index (χ0v) is 8.57. The van der Waals surface area contributed by atoms with Crippen molar-refractivity contribution in [3.8, 4) is 0 Å². The van der Waals surface area contributed by atoms with Gasteiger partial charge in [0.05, 0.1) is 6.42 Å². The maximum Gasteiger partial charge on any atom is 0.224 e. The monoisotopic (exact) mass is 203 g/mol. The number of carbonyl (C=O) groups is 2. The fourth-order valence-electron chi connectivity index (χ4n) is 1.17. The molecule has 0 atom stereocenters. The summed E-state index contributed by atoms with van der Waals surface area (Å²) in [5.74, 6) is -0.00816. The Morgan fingerprint density at radius 2 is 2.00 bits per heavy atom. The van der Waals surface area contributed by atoms with Gasteiger partial charge in [-0.05, 0) is 17.2 Å². The molecule has 0 radical (unpaired) electrons. The Kier molecular flexibility index (Phi) is 4.29. The van der Waals surface area contributed by atoms with Gasteiger partial charge in [-0.2, -0.15) is 0 Å². The first-order valence-corrected chi connectivity index (χ1v) is 4.67. The molecule has 0 saturated carbocycles. The van der Waals surface area contributed by atoms with Gasteiger partial charge < -0.3 is 5.32 Å². The summed E-state index contributed by atoms with van der Waals surface area (Å²) < 4.78 is 0. The van der Waals surface area contributed by atoms with Gasteiger partial charge in [-0.3, -0.25) is 9.59 Å². The van der Waals surface area contributed by atoms with Crippen molar-refractivity contribution in [2.45, 2.75) is 6.42 Å². The quantitative estimate of drug-likeness (QED) is 0.590. The van der Waals surface area contributed by atoms with Gasteiger partial charge in [-0.25, -0.2) is 0 Å². The third-order valence-electron chi connectivity index (χ3n) is 1.99. The summed E-state index contributed by atoms with van der Waals surface area (Å²) in [6.45, 7) is 0. The topological polar surface area (TPSA) is 46.2 Å². The molecule has 1 aromatic rings. The van der Waals surface area contributed by atoms with E-state index in [9.17, 15) is 9.59 Å². The number of hydrogen-bond acceptors (Lipinski definition) is 2. The van der Waals surface area contributed by atoms with Gasteiger partial charge >= 0.3 is 0 Å². The molecule has 0 unspecified atom stereocenters. The Balaban J connectivity index is 2.67. The fourth-order valence-corrected chi connectivity index (χ4v) is 1.17. The molecule has 0 saturated heterocycles. The molecule has 0 bridgehead atoms. The van der Waals surface area contributed by atoms with Crippen molar-refractivity contribution in [1.82, 2.24) is 5.32 Å². The van der Waals surface area contributed by atoms with E-state index in [0.717, 1.165) is 17.4 Å². The highest BCUT2D eigenvalue weighted by Gasteiger charge is 1.99. The van der Waals surface area contributed by atoms with E-state index in [-0.39, 0.29) is 5.91 Å². The van der Waals surface area contributed by atoms with E-state index in [1.54, 1.807) is 13.1 Å². The predicted octanol–water partition coefficient (Wildman–Crippen LogP) is 1.19. The van der Waals surface area contributed by atoms with Crippen molar-refractivity contribution in [3.05, 3.63) is 41.5 Å².